The molecule has 20 heavy (non-hydrogen) atoms. The Labute approximate surface area is 123 Å². The molecule has 3 N–H and O–H groups in total. The van der Waals surface area contributed by atoms with Crippen molar-refractivity contribution in [2.24, 2.45) is 5.92 Å². The van der Waals surface area contributed by atoms with E-state index in [-0.39, 0.29) is 17.3 Å². The van der Waals surface area contributed by atoms with Crippen molar-refractivity contribution in [2.75, 3.05) is 12.3 Å². The van der Waals surface area contributed by atoms with Gasteiger partial charge in [0.1, 0.15) is 0 Å². The fourth-order valence-electron chi connectivity index (χ4n) is 2.86. The lowest BCUT2D eigenvalue weighted by atomic mass is 9.95. The lowest BCUT2D eigenvalue weighted by molar-refractivity contribution is 0.148. The van der Waals surface area contributed by atoms with Gasteiger partial charge in [0.05, 0.1) is 11.4 Å². The van der Waals surface area contributed by atoms with Crippen molar-refractivity contribution < 1.29 is 14.1 Å². The van der Waals surface area contributed by atoms with Crippen LogP contribution in [0.5, 0.6) is 0 Å². The number of carbonyl (C=O) groups excluding carboxylic acids is 1. The topological polar surface area (TPSA) is 78.4 Å². The lowest BCUT2D eigenvalue weighted by Crippen LogP contribution is -2.51. The molecule has 0 spiro atoms. The molecule has 2 rings (SSSR count). The summed E-state index contributed by atoms with van der Waals surface area (Å²) in [5.41, 5.74) is 0. The molecule has 2 saturated carbocycles. The molecule has 0 bridgehead atoms. The predicted molar refractivity (Wildman–Crippen MR) is 80.0 cm³/mol. The van der Waals surface area contributed by atoms with Gasteiger partial charge in [-0.15, -0.1) is 0 Å². The standard InChI is InChI=1S/C14H26N2O3S/c1-2-20(19)13-6-4-3-5-11(13)16-14(18)15-9-12(17)10-7-8-10/h10-13,17H,2-9H2,1H3,(H2,15,16,18). The first-order chi connectivity index (χ1) is 9.61. The van der Waals surface area contributed by atoms with E-state index in [1.54, 1.807) is 0 Å². The van der Waals surface area contributed by atoms with Gasteiger partial charge in [0, 0.05) is 29.1 Å². The molecule has 4 unspecified atom stereocenters. The van der Waals surface area contributed by atoms with Gasteiger partial charge >= 0.3 is 6.03 Å². The Kier molecular flexibility index (Phi) is 5.84. The molecular weight excluding hydrogens is 276 g/mol. The zero-order chi connectivity index (χ0) is 14.5. The van der Waals surface area contributed by atoms with Crippen LogP contribution in [0.2, 0.25) is 0 Å². The highest BCUT2D eigenvalue weighted by molar-refractivity contribution is 7.85. The molecule has 2 aliphatic rings. The number of urea groups is 1. The van der Waals surface area contributed by atoms with Crippen LogP contribution in [0.25, 0.3) is 0 Å². The van der Waals surface area contributed by atoms with Gasteiger partial charge in [-0.3, -0.25) is 4.21 Å². The maximum atomic E-state index is 12.0. The van der Waals surface area contributed by atoms with Gasteiger partial charge in [0.2, 0.25) is 0 Å². The number of aliphatic hydroxyl groups is 1. The van der Waals surface area contributed by atoms with Crippen molar-refractivity contribution >= 4 is 16.8 Å². The van der Waals surface area contributed by atoms with Crippen molar-refractivity contribution in [3.63, 3.8) is 0 Å². The molecule has 5 nitrogen and oxygen atoms in total. The van der Waals surface area contributed by atoms with Crippen LogP contribution in [0.1, 0.15) is 45.4 Å². The van der Waals surface area contributed by atoms with Crippen LogP contribution in [0.15, 0.2) is 0 Å². The lowest BCUT2D eigenvalue weighted by Gasteiger charge is -2.31. The van der Waals surface area contributed by atoms with Gasteiger partial charge < -0.3 is 15.7 Å². The summed E-state index contributed by atoms with van der Waals surface area (Å²) in [6.45, 7) is 2.23. The summed E-state index contributed by atoms with van der Waals surface area (Å²) in [4.78, 5) is 11.9. The van der Waals surface area contributed by atoms with Gasteiger partial charge in [-0.05, 0) is 31.6 Å². The van der Waals surface area contributed by atoms with Gasteiger partial charge in [-0.1, -0.05) is 19.8 Å². The van der Waals surface area contributed by atoms with Crippen molar-refractivity contribution in [3.8, 4) is 0 Å². The SMILES string of the molecule is CCS(=O)C1CCCCC1NC(=O)NCC(O)C1CC1. The number of nitrogens with one attached hydrogen (secondary N) is 2. The number of hydrogen-bond acceptors (Lipinski definition) is 3. The molecule has 2 fully saturated rings. The minimum absolute atomic E-state index is 0.00241. The number of amides is 2. The Morgan fingerprint density at radius 1 is 1.30 bits per heavy atom. The van der Waals surface area contributed by atoms with Crippen LogP contribution >= 0.6 is 0 Å². The van der Waals surface area contributed by atoms with Crippen LogP contribution in [-0.2, 0) is 10.8 Å². The van der Waals surface area contributed by atoms with Crippen molar-refractivity contribution in [1.82, 2.24) is 10.6 Å². The second-order valence-corrected chi connectivity index (χ2v) is 7.80. The van der Waals surface area contributed by atoms with Gasteiger partial charge in [-0.2, -0.15) is 0 Å². The van der Waals surface area contributed by atoms with Crippen LogP contribution < -0.4 is 10.6 Å². The monoisotopic (exact) mass is 302 g/mol. The molecule has 0 heterocycles. The number of aliphatic hydroxyl groups excluding tert-OH is 1. The molecular formula is C14H26N2O3S. The van der Waals surface area contributed by atoms with Crippen LogP contribution in [0, 0.1) is 5.92 Å². The van der Waals surface area contributed by atoms with E-state index in [9.17, 15) is 14.1 Å². The Hall–Kier alpha value is -0.620. The minimum Gasteiger partial charge on any atom is -0.391 e. The largest absolute Gasteiger partial charge is 0.391 e. The summed E-state index contributed by atoms with van der Waals surface area (Å²) in [6, 6.07) is -0.239. The summed E-state index contributed by atoms with van der Waals surface area (Å²) in [7, 11) is -0.862. The maximum absolute atomic E-state index is 12.0. The first-order valence-electron chi connectivity index (χ1n) is 7.71. The van der Waals surface area contributed by atoms with Crippen molar-refractivity contribution in [1.29, 1.82) is 0 Å². The van der Waals surface area contributed by atoms with E-state index in [4.69, 9.17) is 0 Å². The zero-order valence-corrected chi connectivity index (χ0v) is 13.0. The zero-order valence-electron chi connectivity index (χ0n) is 12.1. The molecule has 0 aromatic carbocycles. The summed E-state index contributed by atoms with van der Waals surface area (Å²) in [5, 5.41) is 15.5. The Morgan fingerprint density at radius 3 is 2.65 bits per heavy atom. The number of carbonyl (C=O) groups is 1. The average Bonchev–Trinajstić information content (AvgIpc) is 3.29. The molecule has 2 amide bonds. The quantitative estimate of drug-likeness (QED) is 0.688. The molecule has 4 atom stereocenters. The summed E-state index contributed by atoms with van der Waals surface area (Å²) < 4.78 is 12.0. The average molecular weight is 302 g/mol. The molecule has 2 aliphatic carbocycles. The molecule has 0 radical (unpaired) electrons. The molecule has 0 saturated heterocycles. The maximum Gasteiger partial charge on any atom is 0.315 e. The number of hydrogen-bond donors (Lipinski definition) is 3. The molecule has 116 valence electrons. The van der Waals surface area contributed by atoms with Crippen molar-refractivity contribution in [3.05, 3.63) is 0 Å². The highest BCUT2D eigenvalue weighted by Gasteiger charge is 2.32. The second kappa shape index (κ2) is 7.41. The second-order valence-electron chi connectivity index (χ2n) is 5.86. The Balaban J connectivity index is 1.76. The minimum atomic E-state index is -0.862. The van der Waals surface area contributed by atoms with E-state index in [2.05, 4.69) is 10.6 Å². The van der Waals surface area contributed by atoms with Crippen LogP contribution in [-0.4, -0.2) is 45.0 Å². The Morgan fingerprint density at radius 2 is 2.00 bits per heavy atom. The molecule has 6 heteroatoms. The normalized spacial score (nSPS) is 29.5. The molecule has 0 aromatic rings. The summed E-state index contributed by atoms with van der Waals surface area (Å²) in [6.07, 6.45) is 5.69. The van der Waals surface area contributed by atoms with E-state index in [0.717, 1.165) is 38.5 Å². The first kappa shape index (κ1) is 15.8. The van der Waals surface area contributed by atoms with Gasteiger partial charge in [0.15, 0.2) is 0 Å². The molecule has 0 aromatic heterocycles. The van der Waals surface area contributed by atoms with Crippen LogP contribution in [0.3, 0.4) is 0 Å². The van der Waals surface area contributed by atoms with E-state index in [1.165, 1.54) is 0 Å². The van der Waals surface area contributed by atoms with E-state index < -0.39 is 16.9 Å². The fourth-order valence-corrected chi connectivity index (χ4v) is 4.28. The number of rotatable bonds is 6. The third-order valence-electron chi connectivity index (χ3n) is 4.28. The smallest absolute Gasteiger partial charge is 0.315 e. The fraction of sp³-hybridized carbons (Fsp3) is 0.929. The third kappa shape index (κ3) is 4.45. The summed E-state index contributed by atoms with van der Waals surface area (Å²) >= 11 is 0. The highest BCUT2D eigenvalue weighted by Crippen LogP contribution is 2.32. The van der Waals surface area contributed by atoms with Gasteiger partial charge in [-0.25, -0.2) is 4.79 Å². The van der Waals surface area contributed by atoms with Crippen LogP contribution in [0.4, 0.5) is 4.79 Å². The van der Waals surface area contributed by atoms with Gasteiger partial charge in [0.25, 0.3) is 0 Å². The first-order valence-corrected chi connectivity index (χ1v) is 9.09. The van der Waals surface area contributed by atoms with E-state index in [0.29, 0.717) is 18.2 Å². The van der Waals surface area contributed by atoms with E-state index >= 15 is 0 Å². The Bertz CT molecular complexity index is 360. The van der Waals surface area contributed by atoms with E-state index in [1.807, 2.05) is 6.92 Å². The predicted octanol–water partition coefficient (Wildman–Crippen LogP) is 1.14. The molecule has 0 aliphatic heterocycles. The highest BCUT2D eigenvalue weighted by atomic mass is 32.2. The third-order valence-corrected chi connectivity index (χ3v) is 6.09. The van der Waals surface area contributed by atoms with Crippen molar-refractivity contribution in [2.45, 2.75) is 62.8 Å². The summed E-state index contributed by atoms with van der Waals surface area (Å²) in [5.74, 6) is 1.01.